The Morgan fingerprint density at radius 1 is 1.32 bits per heavy atom. The van der Waals surface area contributed by atoms with Crippen molar-refractivity contribution < 1.29 is 14.6 Å². The molecule has 0 saturated heterocycles. The van der Waals surface area contributed by atoms with E-state index in [1.807, 2.05) is 13.8 Å². The maximum atomic E-state index is 11.4. The van der Waals surface area contributed by atoms with Gasteiger partial charge in [0.1, 0.15) is 5.60 Å². The number of benzene rings is 1. The molecule has 0 amide bonds. The predicted molar refractivity (Wildman–Crippen MR) is 99.4 cm³/mol. The Hall–Kier alpha value is -1.35. The molecule has 0 spiro atoms. The van der Waals surface area contributed by atoms with Crippen LogP contribution in [-0.2, 0) is 27.0 Å². The molecule has 3 nitrogen and oxygen atoms in total. The average Bonchev–Trinajstić information content (AvgIpc) is 2.53. The predicted octanol–water partition coefficient (Wildman–Crippen LogP) is 4.49. The van der Waals surface area contributed by atoms with Crippen LogP contribution in [0.2, 0.25) is 0 Å². The quantitative estimate of drug-likeness (QED) is 0.822. The van der Waals surface area contributed by atoms with Crippen molar-refractivity contribution in [1.29, 1.82) is 0 Å². The van der Waals surface area contributed by atoms with Gasteiger partial charge in [-0.15, -0.1) is 0 Å². The van der Waals surface area contributed by atoms with Gasteiger partial charge in [0.2, 0.25) is 0 Å². The third-order valence-electron chi connectivity index (χ3n) is 6.93. The molecule has 1 aromatic carbocycles. The summed E-state index contributed by atoms with van der Waals surface area (Å²) < 4.78 is 5.53. The van der Waals surface area contributed by atoms with Crippen LogP contribution in [-0.4, -0.2) is 17.7 Å². The van der Waals surface area contributed by atoms with Gasteiger partial charge >= 0.3 is 5.97 Å². The zero-order valence-electron chi connectivity index (χ0n) is 16.3. The number of ether oxygens (including phenoxy) is 1. The lowest BCUT2D eigenvalue weighted by molar-refractivity contribution is -0.154. The van der Waals surface area contributed by atoms with Gasteiger partial charge in [-0.25, -0.2) is 0 Å². The van der Waals surface area contributed by atoms with E-state index < -0.39 is 5.60 Å². The van der Waals surface area contributed by atoms with E-state index in [1.54, 1.807) is 0 Å². The maximum Gasteiger partial charge on any atom is 0.303 e. The molecule has 138 valence electrons. The van der Waals surface area contributed by atoms with Gasteiger partial charge in [0.15, 0.2) is 0 Å². The van der Waals surface area contributed by atoms with Crippen LogP contribution in [0.25, 0.3) is 0 Å². The topological polar surface area (TPSA) is 46.5 Å². The number of carbonyl (C=O) groups is 1. The van der Waals surface area contributed by atoms with Gasteiger partial charge < -0.3 is 9.84 Å². The number of hydrogen-bond donors (Lipinski definition) is 1. The molecule has 0 aromatic heterocycles. The molecule has 3 rings (SSSR count). The molecule has 1 saturated carbocycles. The van der Waals surface area contributed by atoms with E-state index in [-0.39, 0.29) is 23.4 Å². The molecule has 0 unspecified atom stereocenters. The minimum absolute atomic E-state index is 0.0281. The number of hydrogen-bond acceptors (Lipinski definition) is 3. The monoisotopic (exact) mass is 344 g/mol. The highest BCUT2D eigenvalue weighted by atomic mass is 16.6. The first kappa shape index (κ1) is 18.4. The smallest absolute Gasteiger partial charge is 0.303 e. The van der Waals surface area contributed by atoms with E-state index in [2.05, 4.69) is 32.0 Å². The number of aryl methyl sites for hydroxylation is 1. The summed E-state index contributed by atoms with van der Waals surface area (Å²) in [6.45, 7) is 10.3. The molecular weight excluding hydrogens is 312 g/mol. The molecule has 3 atom stereocenters. The molecule has 1 aromatic rings. The zero-order chi connectivity index (χ0) is 18.5. The van der Waals surface area contributed by atoms with Crippen molar-refractivity contribution in [3.63, 3.8) is 0 Å². The van der Waals surface area contributed by atoms with Crippen molar-refractivity contribution in [3.8, 4) is 0 Å². The number of fused-ring (bicyclic) bond motifs is 3. The summed E-state index contributed by atoms with van der Waals surface area (Å²) in [6.07, 6.45) is 5.64. The Labute approximate surface area is 151 Å². The molecule has 2 aliphatic carbocycles. The van der Waals surface area contributed by atoms with Crippen LogP contribution in [0.3, 0.4) is 0 Å². The lowest BCUT2D eigenvalue weighted by atomic mass is 9.50. The van der Waals surface area contributed by atoms with E-state index in [0.29, 0.717) is 5.92 Å². The Balaban J connectivity index is 2.00. The molecule has 2 aliphatic rings. The van der Waals surface area contributed by atoms with Crippen LogP contribution in [0.5, 0.6) is 0 Å². The molecule has 25 heavy (non-hydrogen) atoms. The van der Waals surface area contributed by atoms with Gasteiger partial charge in [-0.1, -0.05) is 38.5 Å². The van der Waals surface area contributed by atoms with Crippen molar-refractivity contribution >= 4 is 5.97 Å². The fourth-order valence-corrected chi connectivity index (χ4v) is 5.61. The standard InChI is InChI=1S/C22H32O3/c1-15(24)25-20(2,3)17-8-9-18-16(13-17)7-10-19-21(4,14-23)11-6-12-22(18,19)5/h8-9,13,19,23H,6-7,10-12,14H2,1-5H3/t19-,21-,22+/m0/s1. The number of esters is 1. The minimum Gasteiger partial charge on any atom is -0.455 e. The molecule has 0 heterocycles. The van der Waals surface area contributed by atoms with E-state index >= 15 is 0 Å². The first-order valence-electron chi connectivity index (χ1n) is 9.57. The molecule has 0 aliphatic heterocycles. The number of carbonyl (C=O) groups excluding carboxylic acids is 1. The fourth-order valence-electron chi connectivity index (χ4n) is 5.61. The first-order valence-corrected chi connectivity index (χ1v) is 9.57. The van der Waals surface area contributed by atoms with Crippen molar-refractivity contribution in [1.82, 2.24) is 0 Å². The Morgan fingerprint density at radius 3 is 2.68 bits per heavy atom. The van der Waals surface area contributed by atoms with E-state index in [4.69, 9.17) is 4.74 Å². The summed E-state index contributed by atoms with van der Waals surface area (Å²) in [7, 11) is 0. The Bertz CT molecular complexity index is 678. The lowest BCUT2D eigenvalue weighted by Gasteiger charge is -2.55. The number of rotatable bonds is 3. The highest BCUT2D eigenvalue weighted by Crippen LogP contribution is 2.57. The van der Waals surface area contributed by atoms with Crippen LogP contribution in [0.1, 0.15) is 77.0 Å². The highest BCUT2D eigenvalue weighted by molar-refractivity contribution is 5.66. The van der Waals surface area contributed by atoms with Crippen molar-refractivity contribution in [2.75, 3.05) is 6.61 Å². The third-order valence-corrected chi connectivity index (χ3v) is 6.93. The van der Waals surface area contributed by atoms with Gasteiger partial charge in [-0.05, 0) is 73.0 Å². The summed E-state index contributed by atoms with van der Waals surface area (Å²) in [5.41, 5.74) is 3.44. The highest BCUT2D eigenvalue weighted by Gasteiger charge is 2.51. The molecule has 0 radical (unpaired) electrons. The Kier molecular flexibility index (Phi) is 4.51. The van der Waals surface area contributed by atoms with Gasteiger partial charge in [0, 0.05) is 13.5 Å². The number of aliphatic hydroxyl groups is 1. The first-order chi connectivity index (χ1) is 11.6. The zero-order valence-corrected chi connectivity index (χ0v) is 16.3. The molecular formula is C22H32O3. The van der Waals surface area contributed by atoms with Crippen LogP contribution < -0.4 is 0 Å². The maximum absolute atomic E-state index is 11.4. The van der Waals surface area contributed by atoms with E-state index in [0.717, 1.165) is 24.8 Å². The average molecular weight is 344 g/mol. The van der Waals surface area contributed by atoms with Crippen molar-refractivity contribution in [2.45, 2.75) is 77.7 Å². The van der Waals surface area contributed by atoms with E-state index in [1.165, 1.54) is 30.9 Å². The molecule has 3 heteroatoms. The molecule has 1 N–H and O–H groups in total. The second-order valence-corrected chi connectivity index (χ2v) is 9.15. The van der Waals surface area contributed by atoms with E-state index in [9.17, 15) is 9.90 Å². The molecule has 0 bridgehead atoms. The second kappa shape index (κ2) is 6.12. The number of aliphatic hydroxyl groups excluding tert-OH is 1. The summed E-state index contributed by atoms with van der Waals surface area (Å²) in [4.78, 5) is 11.4. The summed E-state index contributed by atoms with van der Waals surface area (Å²) in [5.74, 6) is 0.277. The largest absolute Gasteiger partial charge is 0.455 e. The SMILES string of the molecule is CC(=O)OC(C)(C)c1ccc2c(c1)CC[C@H]1[C@](C)(CO)CCC[C@]21C. The summed E-state index contributed by atoms with van der Waals surface area (Å²) in [6, 6.07) is 6.62. The second-order valence-electron chi connectivity index (χ2n) is 9.15. The van der Waals surface area contributed by atoms with Gasteiger partial charge in [-0.3, -0.25) is 4.79 Å². The van der Waals surface area contributed by atoms with Crippen LogP contribution in [0.15, 0.2) is 18.2 Å². The van der Waals surface area contributed by atoms with Crippen molar-refractivity contribution in [3.05, 3.63) is 34.9 Å². The van der Waals surface area contributed by atoms with Gasteiger partial charge in [0.05, 0.1) is 0 Å². The third kappa shape index (κ3) is 3.01. The summed E-state index contributed by atoms with van der Waals surface area (Å²) >= 11 is 0. The van der Waals surface area contributed by atoms with Crippen LogP contribution in [0, 0.1) is 11.3 Å². The van der Waals surface area contributed by atoms with Crippen LogP contribution in [0.4, 0.5) is 0 Å². The molecule has 1 fully saturated rings. The summed E-state index contributed by atoms with van der Waals surface area (Å²) in [5, 5.41) is 10.0. The normalized spacial score (nSPS) is 31.8. The van der Waals surface area contributed by atoms with Gasteiger partial charge in [-0.2, -0.15) is 0 Å². The van der Waals surface area contributed by atoms with Crippen LogP contribution >= 0.6 is 0 Å². The van der Waals surface area contributed by atoms with Crippen molar-refractivity contribution in [2.24, 2.45) is 11.3 Å². The fraction of sp³-hybridized carbons (Fsp3) is 0.682. The lowest BCUT2D eigenvalue weighted by Crippen LogP contribution is -2.50. The minimum atomic E-state index is -0.606. The van der Waals surface area contributed by atoms with Gasteiger partial charge in [0.25, 0.3) is 0 Å². The Morgan fingerprint density at radius 2 is 2.04 bits per heavy atom.